The van der Waals surface area contributed by atoms with Crippen LogP contribution in [0.25, 0.3) is 0 Å². The fourth-order valence-electron chi connectivity index (χ4n) is 4.06. The lowest BCUT2D eigenvalue weighted by Gasteiger charge is -2.28. The first-order chi connectivity index (χ1) is 14.4. The minimum atomic E-state index is -0.489. The van der Waals surface area contributed by atoms with Crippen LogP contribution in [0, 0.1) is 19.7 Å². The molecular weight excluding hydrogens is 379 g/mol. The molecule has 1 heterocycles. The van der Waals surface area contributed by atoms with Crippen LogP contribution in [0.3, 0.4) is 0 Å². The first kappa shape index (κ1) is 19.8. The smallest absolute Gasteiger partial charge is 0.255 e. The molecule has 0 radical (unpaired) electrons. The number of anilines is 1. The number of carbonyl (C=O) groups excluding carboxylic acids is 2. The molecule has 2 amide bonds. The third kappa shape index (κ3) is 4.10. The van der Waals surface area contributed by atoms with Crippen LogP contribution in [0.4, 0.5) is 10.1 Å². The maximum absolute atomic E-state index is 13.5. The quantitative estimate of drug-likeness (QED) is 0.640. The number of hydrogen-bond donors (Lipinski definition) is 1. The first-order valence-corrected chi connectivity index (χ1v) is 9.93. The standard InChI is InChI=1S/C25H23FN2O2/c1-16-11-17(2)13-21(12-16)27-24(29)14-23(18-7-9-20(26)10-8-18)28-15-19-5-3-4-6-22(19)25(28)30/h3-13,23H,14-15H2,1-2H3,(H,27,29)/t23-/m0/s1. The van der Waals surface area contributed by atoms with E-state index in [0.717, 1.165) is 27.9 Å². The van der Waals surface area contributed by atoms with Gasteiger partial charge in [0.2, 0.25) is 5.91 Å². The van der Waals surface area contributed by atoms with E-state index in [1.165, 1.54) is 12.1 Å². The SMILES string of the molecule is Cc1cc(C)cc(NC(=O)C[C@@H](c2ccc(F)cc2)N2Cc3ccccc3C2=O)c1. The summed E-state index contributed by atoms with van der Waals surface area (Å²) in [5, 5.41) is 2.94. The number of carbonyl (C=O) groups is 2. The number of nitrogens with one attached hydrogen (secondary N) is 1. The van der Waals surface area contributed by atoms with Crippen molar-refractivity contribution in [3.63, 3.8) is 0 Å². The molecule has 0 saturated heterocycles. The number of benzene rings is 3. The first-order valence-electron chi connectivity index (χ1n) is 9.93. The molecule has 4 nitrogen and oxygen atoms in total. The molecule has 0 unspecified atom stereocenters. The summed E-state index contributed by atoms with van der Waals surface area (Å²) in [6.07, 6.45) is 0.0817. The zero-order valence-corrected chi connectivity index (χ0v) is 17.0. The van der Waals surface area contributed by atoms with Gasteiger partial charge in [0.1, 0.15) is 5.82 Å². The molecule has 152 valence electrons. The van der Waals surface area contributed by atoms with Gasteiger partial charge >= 0.3 is 0 Å². The van der Waals surface area contributed by atoms with Crippen molar-refractivity contribution in [3.05, 3.63) is 100 Å². The Morgan fingerprint density at radius 3 is 2.37 bits per heavy atom. The van der Waals surface area contributed by atoms with Crippen LogP contribution in [0.1, 0.15) is 45.1 Å². The van der Waals surface area contributed by atoms with Gasteiger partial charge in [-0.05, 0) is 66.4 Å². The van der Waals surface area contributed by atoms with E-state index < -0.39 is 6.04 Å². The van der Waals surface area contributed by atoms with E-state index in [4.69, 9.17) is 0 Å². The molecule has 3 aromatic rings. The zero-order chi connectivity index (χ0) is 21.3. The highest BCUT2D eigenvalue weighted by molar-refractivity contribution is 5.99. The Balaban J connectivity index is 1.60. The minimum absolute atomic E-state index is 0.0817. The Labute approximate surface area is 175 Å². The molecule has 1 N–H and O–H groups in total. The van der Waals surface area contributed by atoms with Crippen molar-refractivity contribution >= 4 is 17.5 Å². The summed E-state index contributed by atoms with van der Waals surface area (Å²) in [6.45, 7) is 4.38. The van der Waals surface area contributed by atoms with Crippen LogP contribution >= 0.6 is 0 Å². The van der Waals surface area contributed by atoms with E-state index in [1.54, 1.807) is 23.1 Å². The van der Waals surface area contributed by atoms with E-state index in [1.807, 2.05) is 50.2 Å². The molecule has 1 aliphatic rings. The van der Waals surface area contributed by atoms with E-state index in [2.05, 4.69) is 5.32 Å². The lowest BCUT2D eigenvalue weighted by Crippen LogP contribution is -2.32. The summed E-state index contributed by atoms with van der Waals surface area (Å²) >= 11 is 0. The van der Waals surface area contributed by atoms with E-state index in [-0.39, 0.29) is 24.1 Å². The second-order valence-corrected chi connectivity index (χ2v) is 7.79. The van der Waals surface area contributed by atoms with Crippen molar-refractivity contribution in [2.45, 2.75) is 32.9 Å². The van der Waals surface area contributed by atoms with E-state index in [0.29, 0.717) is 12.1 Å². The van der Waals surface area contributed by atoms with Gasteiger partial charge in [-0.2, -0.15) is 0 Å². The van der Waals surface area contributed by atoms with Gasteiger partial charge in [0.15, 0.2) is 0 Å². The largest absolute Gasteiger partial charge is 0.327 e. The average molecular weight is 402 g/mol. The average Bonchev–Trinajstić information content (AvgIpc) is 3.03. The van der Waals surface area contributed by atoms with Gasteiger partial charge in [-0.3, -0.25) is 9.59 Å². The fraction of sp³-hybridized carbons (Fsp3) is 0.200. The maximum Gasteiger partial charge on any atom is 0.255 e. The second-order valence-electron chi connectivity index (χ2n) is 7.79. The van der Waals surface area contributed by atoms with Crippen LogP contribution in [0.5, 0.6) is 0 Å². The zero-order valence-electron chi connectivity index (χ0n) is 17.0. The molecule has 4 rings (SSSR count). The van der Waals surface area contributed by atoms with Crippen LogP contribution in [0.15, 0.2) is 66.7 Å². The fourth-order valence-corrected chi connectivity index (χ4v) is 4.06. The van der Waals surface area contributed by atoms with Crippen molar-refractivity contribution in [2.24, 2.45) is 0 Å². The summed E-state index contributed by atoms with van der Waals surface area (Å²) in [7, 11) is 0. The van der Waals surface area contributed by atoms with Crippen LogP contribution in [-0.4, -0.2) is 16.7 Å². The van der Waals surface area contributed by atoms with Gasteiger partial charge in [-0.25, -0.2) is 4.39 Å². The molecule has 0 saturated carbocycles. The number of aryl methyl sites for hydroxylation is 2. The number of hydrogen-bond acceptors (Lipinski definition) is 2. The normalized spacial score (nSPS) is 13.8. The van der Waals surface area contributed by atoms with E-state index in [9.17, 15) is 14.0 Å². The summed E-state index contributed by atoms with van der Waals surface area (Å²) in [6, 6.07) is 18.8. The minimum Gasteiger partial charge on any atom is -0.327 e. The van der Waals surface area contributed by atoms with Crippen molar-refractivity contribution in [1.29, 1.82) is 0 Å². The Hall–Kier alpha value is -3.47. The van der Waals surface area contributed by atoms with Gasteiger partial charge < -0.3 is 10.2 Å². The summed E-state index contributed by atoms with van der Waals surface area (Å²) in [5.74, 6) is -0.662. The van der Waals surface area contributed by atoms with E-state index >= 15 is 0 Å². The molecule has 0 aromatic heterocycles. The topological polar surface area (TPSA) is 49.4 Å². The second kappa shape index (κ2) is 8.11. The number of amides is 2. The summed E-state index contributed by atoms with van der Waals surface area (Å²) in [5.41, 5.74) is 5.17. The Morgan fingerprint density at radius 2 is 1.70 bits per heavy atom. The molecule has 1 atom stereocenters. The molecule has 3 aromatic carbocycles. The number of nitrogens with zero attached hydrogens (tertiary/aromatic N) is 1. The van der Waals surface area contributed by atoms with Crippen molar-refractivity contribution in [1.82, 2.24) is 4.90 Å². The van der Waals surface area contributed by atoms with Gasteiger partial charge in [-0.1, -0.05) is 36.4 Å². The predicted molar refractivity (Wildman–Crippen MR) is 115 cm³/mol. The lowest BCUT2D eigenvalue weighted by atomic mass is 10.0. The van der Waals surface area contributed by atoms with Gasteiger partial charge in [0.25, 0.3) is 5.91 Å². The highest BCUT2D eigenvalue weighted by Crippen LogP contribution is 2.33. The van der Waals surface area contributed by atoms with Crippen LogP contribution in [-0.2, 0) is 11.3 Å². The third-order valence-electron chi connectivity index (χ3n) is 5.36. The van der Waals surface area contributed by atoms with Crippen molar-refractivity contribution in [2.75, 3.05) is 5.32 Å². The number of rotatable bonds is 5. The highest BCUT2D eigenvalue weighted by Gasteiger charge is 2.34. The van der Waals surface area contributed by atoms with Crippen LogP contribution < -0.4 is 5.32 Å². The lowest BCUT2D eigenvalue weighted by molar-refractivity contribution is -0.117. The van der Waals surface area contributed by atoms with Gasteiger partial charge in [0, 0.05) is 17.8 Å². The Bertz CT molecular complexity index is 1090. The molecule has 0 bridgehead atoms. The predicted octanol–water partition coefficient (Wildman–Crippen LogP) is 5.17. The third-order valence-corrected chi connectivity index (χ3v) is 5.36. The summed E-state index contributed by atoms with van der Waals surface area (Å²) < 4.78 is 13.5. The molecular formula is C25H23FN2O2. The van der Waals surface area contributed by atoms with Gasteiger partial charge in [0.05, 0.1) is 12.5 Å². The molecule has 30 heavy (non-hydrogen) atoms. The Morgan fingerprint density at radius 1 is 1.03 bits per heavy atom. The molecule has 0 fully saturated rings. The molecule has 0 spiro atoms. The number of fused-ring (bicyclic) bond motifs is 1. The monoisotopic (exact) mass is 402 g/mol. The van der Waals surface area contributed by atoms with Crippen LogP contribution in [0.2, 0.25) is 0 Å². The molecule has 5 heteroatoms. The number of halogens is 1. The highest BCUT2D eigenvalue weighted by atomic mass is 19.1. The van der Waals surface area contributed by atoms with Crippen molar-refractivity contribution in [3.8, 4) is 0 Å². The summed E-state index contributed by atoms with van der Waals surface area (Å²) in [4.78, 5) is 27.6. The molecule has 0 aliphatic carbocycles. The Kier molecular flexibility index (Phi) is 5.36. The van der Waals surface area contributed by atoms with Gasteiger partial charge in [-0.15, -0.1) is 0 Å². The maximum atomic E-state index is 13.5. The van der Waals surface area contributed by atoms with Crippen molar-refractivity contribution < 1.29 is 14.0 Å². The molecule has 1 aliphatic heterocycles.